The van der Waals surface area contributed by atoms with Gasteiger partial charge in [-0.05, 0) is 37.9 Å². The van der Waals surface area contributed by atoms with E-state index in [4.69, 9.17) is 0 Å². The highest BCUT2D eigenvalue weighted by Gasteiger charge is 2.34. The number of halogens is 1. The number of hydrogen-bond acceptors (Lipinski definition) is 5. The zero-order valence-electron chi connectivity index (χ0n) is 14.2. The first-order valence-corrected chi connectivity index (χ1v) is 8.80. The normalized spacial score (nSPS) is 24.4. The first-order valence-electron chi connectivity index (χ1n) is 8.80. The fraction of sp³-hybridized carbons (Fsp3) is 0.389. The van der Waals surface area contributed by atoms with Crippen molar-refractivity contribution in [1.29, 1.82) is 0 Å². The number of hydrogen-bond donors (Lipinski definition) is 3. The predicted octanol–water partition coefficient (Wildman–Crippen LogP) is 2.24. The molecule has 26 heavy (non-hydrogen) atoms. The van der Waals surface area contributed by atoms with E-state index in [2.05, 4.69) is 30.4 Å². The summed E-state index contributed by atoms with van der Waals surface area (Å²) in [6.45, 7) is 3.38. The number of rotatable bonds is 3. The van der Waals surface area contributed by atoms with Crippen LogP contribution in [0.2, 0.25) is 0 Å². The van der Waals surface area contributed by atoms with Crippen molar-refractivity contribution >= 4 is 29.3 Å². The molecule has 3 fully saturated rings. The molecule has 3 saturated heterocycles. The van der Waals surface area contributed by atoms with Gasteiger partial charge in [0.15, 0.2) is 5.69 Å². The summed E-state index contributed by atoms with van der Waals surface area (Å²) >= 11 is 0. The van der Waals surface area contributed by atoms with Crippen LogP contribution in [0.25, 0.3) is 22.2 Å². The van der Waals surface area contributed by atoms with Crippen molar-refractivity contribution in [2.75, 3.05) is 25.0 Å². The van der Waals surface area contributed by atoms with Gasteiger partial charge in [0.05, 0.1) is 0 Å². The number of fused-ring (bicyclic) bond motifs is 4. The zero-order valence-corrected chi connectivity index (χ0v) is 15.1. The molecule has 1 unspecified atom stereocenters. The minimum Gasteiger partial charge on any atom is -0.360 e. The van der Waals surface area contributed by atoms with Crippen LogP contribution in [0.3, 0.4) is 0 Å². The molecule has 0 aliphatic carbocycles. The quantitative estimate of drug-likeness (QED) is 0.656. The molecule has 0 saturated carbocycles. The Morgan fingerprint density at radius 1 is 1.15 bits per heavy atom. The van der Waals surface area contributed by atoms with Crippen molar-refractivity contribution in [2.45, 2.75) is 18.9 Å². The molecule has 1 atom stereocenters. The monoisotopic (exact) mass is 372 g/mol. The third-order valence-electron chi connectivity index (χ3n) is 5.52. The Kier molecular flexibility index (Phi) is 4.42. The molecule has 5 heterocycles. The summed E-state index contributed by atoms with van der Waals surface area (Å²) in [5.41, 5.74) is 1.88. The van der Waals surface area contributed by atoms with Gasteiger partial charge in [-0.2, -0.15) is 0 Å². The highest BCUT2D eigenvalue weighted by molar-refractivity contribution is 5.94. The van der Waals surface area contributed by atoms with E-state index in [1.807, 2.05) is 30.5 Å². The number of anilines is 1. The van der Waals surface area contributed by atoms with Gasteiger partial charge in [-0.3, -0.25) is 9.78 Å². The summed E-state index contributed by atoms with van der Waals surface area (Å²) in [5, 5.41) is 12.8. The lowest BCUT2D eigenvalue weighted by molar-refractivity contribution is 0.0971. The molecule has 3 aromatic rings. The number of nitrogens with one attached hydrogen (secondary N) is 3. The Hall–Kier alpha value is -2.38. The predicted molar refractivity (Wildman–Crippen MR) is 104 cm³/mol. The maximum absolute atomic E-state index is 12.6. The summed E-state index contributed by atoms with van der Waals surface area (Å²) in [7, 11) is 0. The lowest BCUT2D eigenvalue weighted by atomic mass is 9.84. The lowest BCUT2D eigenvalue weighted by Crippen LogP contribution is -2.53. The Labute approximate surface area is 156 Å². The summed E-state index contributed by atoms with van der Waals surface area (Å²) in [4.78, 5) is 21.1. The van der Waals surface area contributed by atoms with Crippen LogP contribution in [0, 0.1) is 5.92 Å². The highest BCUT2D eigenvalue weighted by Crippen LogP contribution is 2.29. The Balaban J connectivity index is 0.00000168. The molecule has 1 aromatic carbocycles. The average Bonchev–Trinajstić information content (AvgIpc) is 3.07. The average molecular weight is 373 g/mol. The minimum atomic E-state index is -0.219. The number of aromatic amines is 2. The van der Waals surface area contributed by atoms with E-state index in [-0.39, 0.29) is 18.0 Å². The molecule has 0 spiro atoms. The van der Waals surface area contributed by atoms with Crippen LogP contribution < -0.4 is 10.9 Å². The fourth-order valence-corrected chi connectivity index (χ4v) is 4.15. The third-order valence-corrected chi connectivity index (χ3v) is 5.52. The van der Waals surface area contributed by atoms with Crippen molar-refractivity contribution in [3.8, 4) is 11.3 Å². The van der Waals surface area contributed by atoms with Gasteiger partial charge in [0.2, 0.25) is 5.95 Å². The smallest absolute Gasteiger partial charge is 0.279 e. The van der Waals surface area contributed by atoms with Crippen molar-refractivity contribution in [1.82, 2.24) is 25.1 Å². The molecule has 2 aromatic heterocycles. The van der Waals surface area contributed by atoms with Crippen LogP contribution in [-0.2, 0) is 0 Å². The van der Waals surface area contributed by atoms with Gasteiger partial charge < -0.3 is 15.2 Å². The lowest BCUT2D eigenvalue weighted by Gasteiger charge is -2.44. The molecule has 0 radical (unpaired) electrons. The summed E-state index contributed by atoms with van der Waals surface area (Å²) in [5.74, 6) is 1.12. The second-order valence-corrected chi connectivity index (χ2v) is 6.99. The summed E-state index contributed by atoms with van der Waals surface area (Å²) < 4.78 is 0. The van der Waals surface area contributed by atoms with Gasteiger partial charge in [-0.25, -0.2) is 0 Å². The summed E-state index contributed by atoms with van der Waals surface area (Å²) in [6.07, 6.45) is 4.23. The van der Waals surface area contributed by atoms with E-state index in [9.17, 15) is 4.79 Å². The standard InChI is InChI=1S/C18H20N6O.ClH/c25-17-16(13-9-19-14-4-2-1-3-12(13)14)22-23-18(21-17)20-15-10-24-7-5-11(15)6-8-24;/h1-4,9,11,15,19H,5-8,10H2,(H2,20,21,23,25);1H. The van der Waals surface area contributed by atoms with Gasteiger partial charge in [-0.1, -0.05) is 18.2 Å². The fourth-order valence-electron chi connectivity index (χ4n) is 4.15. The number of H-pyrrole nitrogens is 2. The van der Waals surface area contributed by atoms with Gasteiger partial charge in [-0.15, -0.1) is 22.6 Å². The molecule has 3 N–H and O–H groups in total. The number of aromatic nitrogens is 4. The molecule has 8 heteroatoms. The second-order valence-electron chi connectivity index (χ2n) is 6.99. The van der Waals surface area contributed by atoms with Crippen LogP contribution >= 0.6 is 12.4 Å². The van der Waals surface area contributed by atoms with Gasteiger partial charge in [0.25, 0.3) is 5.56 Å². The number of piperidine rings is 3. The maximum atomic E-state index is 12.6. The van der Waals surface area contributed by atoms with E-state index in [0.29, 0.717) is 23.6 Å². The van der Waals surface area contributed by atoms with E-state index >= 15 is 0 Å². The Bertz CT molecular complexity index is 975. The molecule has 3 aliphatic heterocycles. The summed E-state index contributed by atoms with van der Waals surface area (Å²) in [6, 6.07) is 8.20. The molecular formula is C18H21ClN6O. The third kappa shape index (κ3) is 2.87. The molecule has 7 nitrogen and oxygen atoms in total. The molecule has 0 amide bonds. The Morgan fingerprint density at radius 2 is 1.96 bits per heavy atom. The molecular weight excluding hydrogens is 352 g/mol. The van der Waals surface area contributed by atoms with Gasteiger partial charge in [0, 0.05) is 35.2 Å². The largest absolute Gasteiger partial charge is 0.360 e. The number of para-hydroxylation sites is 1. The zero-order chi connectivity index (χ0) is 16.8. The Morgan fingerprint density at radius 3 is 2.69 bits per heavy atom. The van der Waals surface area contributed by atoms with E-state index in [0.717, 1.165) is 23.0 Å². The van der Waals surface area contributed by atoms with Crippen molar-refractivity contribution in [2.24, 2.45) is 5.92 Å². The van der Waals surface area contributed by atoms with Gasteiger partial charge >= 0.3 is 0 Å². The van der Waals surface area contributed by atoms with Crippen molar-refractivity contribution < 1.29 is 0 Å². The number of nitrogens with zero attached hydrogens (tertiary/aromatic N) is 3. The molecule has 136 valence electrons. The minimum absolute atomic E-state index is 0. The van der Waals surface area contributed by atoms with Crippen LogP contribution in [-0.4, -0.2) is 50.7 Å². The molecule has 3 aliphatic rings. The van der Waals surface area contributed by atoms with Crippen LogP contribution in [0.5, 0.6) is 0 Å². The highest BCUT2D eigenvalue weighted by atomic mass is 35.5. The first kappa shape index (κ1) is 17.1. The van der Waals surface area contributed by atoms with Gasteiger partial charge in [0.1, 0.15) is 0 Å². The van der Waals surface area contributed by atoms with Crippen LogP contribution in [0.1, 0.15) is 12.8 Å². The van der Waals surface area contributed by atoms with Crippen molar-refractivity contribution in [3.05, 3.63) is 40.8 Å². The van der Waals surface area contributed by atoms with Crippen molar-refractivity contribution in [3.63, 3.8) is 0 Å². The SMILES string of the molecule is Cl.O=c1[nH]c(NC2CN3CCC2CC3)nnc1-c1c[nH]c2ccccc12. The maximum Gasteiger partial charge on any atom is 0.279 e. The first-order chi connectivity index (χ1) is 12.3. The topological polar surface area (TPSA) is 89.7 Å². The molecule has 2 bridgehead atoms. The van der Waals surface area contributed by atoms with E-state index in [1.165, 1.54) is 25.9 Å². The van der Waals surface area contributed by atoms with Crippen LogP contribution in [0.15, 0.2) is 35.3 Å². The molecule has 6 rings (SSSR count). The number of benzene rings is 1. The van der Waals surface area contributed by atoms with Crippen LogP contribution in [0.4, 0.5) is 5.95 Å². The van der Waals surface area contributed by atoms with E-state index in [1.54, 1.807) is 0 Å². The second kappa shape index (κ2) is 6.74. The van der Waals surface area contributed by atoms with E-state index < -0.39 is 0 Å².